The van der Waals surface area contributed by atoms with Crippen molar-refractivity contribution in [2.45, 2.75) is 46.3 Å². The molecule has 5 rings (SSSR count). The molecule has 0 spiro atoms. The summed E-state index contributed by atoms with van der Waals surface area (Å²) in [6.45, 7) is 5.54. The van der Waals surface area contributed by atoms with E-state index in [4.69, 9.17) is 21.1 Å². The third-order valence-corrected chi connectivity index (χ3v) is 8.46. The first-order chi connectivity index (χ1) is 26.2. The number of fused-ring (bicyclic) bond motifs is 1. The Balaban J connectivity index is 1.19. The first kappa shape index (κ1) is 40.4. The summed E-state index contributed by atoms with van der Waals surface area (Å²) in [7, 11) is 0. The van der Waals surface area contributed by atoms with Crippen LogP contribution in [0.15, 0.2) is 84.9 Å². The van der Waals surface area contributed by atoms with Crippen LogP contribution in [0.1, 0.15) is 49.5 Å². The van der Waals surface area contributed by atoms with Crippen molar-refractivity contribution in [1.82, 2.24) is 25.2 Å². The van der Waals surface area contributed by atoms with E-state index in [1.54, 1.807) is 41.3 Å². The Morgan fingerprint density at radius 1 is 0.909 bits per heavy atom. The van der Waals surface area contributed by atoms with Crippen molar-refractivity contribution in [3.63, 3.8) is 0 Å². The Labute approximate surface area is 321 Å². The van der Waals surface area contributed by atoms with Gasteiger partial charge >= 0.3 is 18.3 Å². The number of anilines is 3. The van der Waals surface area contributed by atoms with Crippen LogP contribution in [0.5, 0.6) is 17.5 Å². The standard InChI is InChI=1S/C39H41ClF3N7O5/c1-4-5-18-50(37(53)55-30-16-13-26-8-6-7-9-28(26)20-30)23-38(2,3)22-45-33(52)27-11-14-29(15-12-27)46-35-47-34(48-36(49-35)54-24-39(41,42)43)44-21-25-10-17-32(51)31(40)19-25/h6-17,19-20,51H,4-5,18,21-24H2,1-3H3,(H,45,52)(H2,44,46,47,48,49). The van der Waals surface area contributed by atoms with Gasteiger partial charge in [0.1, 0.15) is 11.5 Å². The average molecular weight is 780 g/mol. The van der Waals surface area contributed by atoms with Crippen molar-refractivity contribution < 1.29 is 37.3 Å². The Bertz CT molecular complexity index is 2100. The molecule has 0 atom stereocenters. The number of unbranched alkanes of at least 4 members (excludes halogenated alkanes) is 1. The summed E-state index contributed by atoms with van der Waals surface area (Å²) in [6.07, 6.45) is -3.42. The summed E-state index contributed by atoms with van der Waals surface area (Å²) in [6, 6.07) is 23.6. The van der Waals surface area contributed by atoms with Gasteiger partial charge in [-0.3, -0.25) is 4.79 Å². The molecule has 0 radical (unpaired) electrons. The van der Waals surface area contributed by atoms with E-state index in [9.17, 15) is 27.9 Å². The minimum atomic E-state index is -4.62. The molecule has 0 aliphatic carbocycles. The SMILES string of the molecule is CCCCN(CC(C)(C)CNC(=O)c1ccc(Nc2nc(NCc3ccc(O)c(Cl)c3)nc(OCC(F)(F)F)n2)cc1)C(=O)Oc1ccc2ccccc2c1. The minimum absolute atomic E-state index is 0.0901. The Kier molecular flexibility index (Phi) is 13.2. The van der Waals surface area contributed by atoms with E-state index in [1.165, 1.54) is 12.1 Å². The molecule has 0 aliphatic rings. The number of amides is 2. The fourth-order valence-corrected chi connectivity index (χ4v) is 5.56. The topological polar surface area (TPSA) is 151 Å². The quantitative estimate of drug-likeness (QED) is 0.0766. The van der Waals surface area contributed by atoms with E-state index in [-0.39, 0.29) is 41.7 Å². The maximum atomic E-state index is 13.3. The molecule has 16 heteroatoms. The van der Waals surface area contributed by atoms with Crippen molar-refractivity contribution in [3.05, 3.63) is 101 Å². The molecule has 4 N–H and O–H groups in total. The molecule has 4 aromatic carbocycles. The normalized spacial score (nSPS) is 11.5. The van der Waals surface area contributed by atoms with Crippen LogP contribution in [0.4, 0.5) is 35.5 Å². The molecule has 0 bridgehead atoms. The second-order valence-corrected chi connectivity index (χ2v) is 13.9. The molecule has 1 heterocycles. The average Bonchev–Trinajstić information content (AvgIpc) is 3.15. The third-order valence-electron chi connectivity index (χ3n) is 8.16. The van der Waals surface area contributed by atoms with Gasteiger partial charge in [0.2, 0.25) is 11.9 Å². The number of aromatic hydroxyl groups is 1. The number of ether oxygens (including phenoxy) is 2. The number of nitrogens with zero attached hydrogens (tertiary/aromatic N) is 4. The number of nitrogens with one attached hydrogen (secondary N) is 3. The van der Waals surface area contributed by atoms with Crippen LogP contribution in [0.3, 0.4) is 0 Å². The number of aromatic nitrogens is 3. The molecule has 0 saturated carbocycles. The Morgan fingerprint density at radius 2 is 1.64 bits per heavy atom. The zero-order chi connectivity index (χ0) is 39.6. The lowest BCUT2D eigenvalue weighted by atomic mass is 9.92. The minimum Gasteiger partial charge on any atom is -0.506 e. The number of rotatable bonds is 16. The summed E-state index contributed by atoms with van der Waals surface area (Å²) in [5, 5.41) is 20.5. The predicted molar refractivity (Wildman–Crippen MR) is 204 cm³/mol. The molecule has 55 heavy (non-hydrogen) atoms. The number of phenols is 1. The third kappa shape index (κ3) is 12.4. The number of carbonyl (C=O) groups is 2. The zero-order valence-electron chi connectivity index (χ0n) is 30.4. The van der Waals surface area contributed by atoms with Gasteiger partial charge in [-0.05, 0) is 76.7 Å². The van der Waals surface area contributed by atoms with Crippen LogP contribution in [0.25, 0.3) is 10.8 Å². The molecular weight excluding hydrogens is 739 g/mol. The van der Waals surface area contributed by atoms with Crippen molar-refractivity contribution in [2.24, 2.45) is 5.41 Å². The lowest BCUT2D eigenvalue weighted by Gasteiger charge is -2.32. The highest BCUT2D eigenvalue weighted by molar-refractivity contribution is 6.32. The molecule has 290 valence electrons. The first-order valence-electron chi connectivity index (χ1n) is 17.4. The van der Waals surface area contributed by atoms with Crippen molar-refractivity contribution in [1.29, 1.82) is 0 Å². The number of alkyl halides is 3. The largest absolute Gasteiger partial charge is 0.506 e. The molecule has 12 nitrogen and oxygen atoms in total. The van der Waals surface area contributed by atoms with Crippen LogP contribution in [0.2, 0.25) is 5.02 Å². The van der Waals surface area contributed by atoms with Gasteiger partial charge in [0, 0.05) is 37.4 Å². The van der Waals surface area contributed by atoms with E-state index < -0.39 is 30.3 Å². The first-order valence-corrected chi connectivity index (χ1v) is 17.8. The molecule has 1 aromatic heterocycles. The molecule has 0 saturated heterocycles. The molecule has 0 fully saturated rings. The summed E-state index contributed by atoms with van der Waals surface area (Å²) in [5.74, 6) is -0.207. The van der Waals surface area contributed by atoms with Crippen LogP contribution < -0.4 is 25.4 Å². The van der Waals surface area contributed by atoms with Gasteiger partial charge in [-0.25, -0.2) is 4.79 Å². The van der Waals surface area contributed by atoms with Crippen LogP contribution in [-0.4, -0.2) is 69.4 Å². The molecule has 0 aliphatic heterocycles. The number of hydrogen-bond acceptors (Lipinski definition) is 10. The number of carbonyl (C=O) groups excluding carboxylic acids is 2. The maximum absolute atomic E-state index is 13.3. The lowest BCUT2D eigenvalue weighted by Crippen LogP contribution is -2.45. The summed E-state index contributed by atoms with van der Waals surface area (Å²) >= 11 is 5.97. The van der Waals surface area contributed by atoms with Crippen molar-refractivity contribution >= 4 is 52.0 Å². The fraction of sp³-hybridized carbons (Fsp3) is 0.308. The molecular formula is C39H41ClF3N7O5. The fourth-order valence-electron chi connectivity index (χ4n) is 5.35. The summed E-state index contributed by atoms with van der Waals surface area (Å²) < 4.78 is 49.2. The molecule has 5 aromatic rings. The second kappa shape index (κ2) is 18.0. The van der Waals surface area contributed by atoms with Gasteiger partial charge in [-0.15, -0.1) is 0 Å². The molecule has 2 amide bonds. The zero-order valence-corrected chi connectivity index (χ0v) is 31.2. The van der Waals surface area contributed by atoms with Crippen LogP contribution in [0, 0.1) is 5.41 Å². The number of halogens is 4. The van der Waals surface area contributed by atoms with Gasteiger partial charge in [0.05, 0.1) is 5.02 Å². The number of hydrogen-bond donors (Lipinski definition) is 4. The van der Waals surface area contributed by atoms with E-state index >= 15 is 0 Å². The highest BCUT2D eigenvalue weighted by Crippen LogP contribution is 2.26. The van der Waals surface area contributed by atoms with Gasteiger partial charge < -0.3 is 35.4 Å². The van der Waals surface area contributed by atoms with E-state index in [0.717, 1.165) is 23.6 Å². The monoisotopic (exact) mass is 779 g/mol. The second-order valence-electron chi connectivity index (χ2n) is 13.5. The highest BCUT2D eigenvalue weighted by Gasteiger charge is 2.30. The smallest absolute Gasteiger partial charge is 0.422 e. The maximum Gasteiger partial charge on any atom is 0.422 e. The van der Waals surface area contributed by atoms with Crippen LogP contribution in [-0.2, 0) is 6.54 Å². The van der Waals surface area contributed by atoms with Gasteiger partial charge in [-0.1, -0.05) is 75.2 Å². The van der Waals surface area contributed by atoms with E-state index in [2.05, 4.69) is 30.9 Å². The van der Waals surface area contributed by atoms with Gasteiger partial charge in [-0.2, -0.15) is 28.1 Å². The lowest BCUT2D eigenvalue weighted by molar-refractivity contribution is -0.154. The van der Waals surface area contributed by atoms with Crippen molar-refractivity contribution in [3.8, 4) is 17.5 Å². The highest BCUT2D eigenvalue weighted by atomic mass is 35.5. The Morgan fingerprint density at radius 3 is 2.35 bits per heavy atom. The van der Waals surface area contributed by atoms with Gasteiger partial charge in [0.25, 0.3) is 5.91 Å². The summed E-state index contributed by atoms with van der Waals surface area (Å²) in [4.78, 5) is 40.2. The van der Waals surface area contributed by atoms with E-state index in [0.29, 0.717) is 35.7 Å². The molecule has 0 unspecified atom stereocenters. The van der Waals surface area contributed by atoms with Gasteiger partial charge in [0.15, 0.2) is 6.61 Å². The van der Waals surface area contributed by atoms with Crippen LogP contribution >= 0.6 is 11.6 Å². The Hall–Kier alpha value is -5.83. The van der Waals surface area contributed by atoms with Crippen molar-refractivity contribution in [2.75, 3.05) is 36.9 Å². The summed E-state index contributed by atoms with van der Waals surface area (Å²) in [5.41, 5.74) is 0.899. The number of phenolic OH excluding ortho intramolecular Hbond substituents is 1. The van der Waals surface area contributed by atoms with E-state index in [1.807, 2.05) is 57.2 Å². The number of benzene rings is 4. The predicted octanol–water partition coefficient (Wildman–Crippen LogP) is 8.74.